The van der Waals surface area contributed by atoms with Crippen LogP contribution in [0.3, 0.4) is 0 Å². The third-order valence-electron chi connectivity index (χ3n) is 2.76. The monoisotopic (exact) mass is 321 g/mol. The highest BCUT2D eigenvalue weighted by atomic mass is 35.5. The van der Waals surface area contributed by atoms with Crippen LogP contribution in [0.15, 0.2) is 46.9 Å². The van der Waals surface area contributed by atoms with Crippen molar-refractivity contribution in [3.05, 3.63) is 57.2 Å². The lowest BCUT2D eigenvalue weighted by Gasteiger charge is -2.19. The van der Waals surface area contributed by atoms with Crippen molar-refractivity contribution in [2.24, 2.45) is 10.6 Å². The number of thiophene rings is 1. The second kappa shape index (κ2) is 6.41. The minimum absolute atomic E-state index is 0.217. The maximum atomic E-state index is 12.0. The van der Waals surface area contributed by atoms with Crippen LogP contribution in [0.5, 0.6) is 0 Å². The summed E-state index contributed by atoms with van der Waals surface area (Å²) in [7, 11) is 0. The number of hydrogen-bond donors (Lipinski definition) is 0. The molecule has 0 saturated heterocycles. The van der Waals surface area contributed by atoms with Crippen LogP contribution in [0.2, 0.25) is 5.02 Å². The predicted octanol–water partition coefficient (Wildman–Crippen LogP) is 5.01. The molecule has 0 amide bonds. The lowest BCUT2D eigenvalue weighted by molar-refractivity contribution is 0.0513. The van der Waals surface area contributed by atoms with Crippen LogP contribution in [0.25, 0.3) is 0 Å². The largest absolute Gasteiger partial charge is 0.365 e. The van der Waals surface area contributed by atoms with Crippen molar-refractivity contribution in [2.45, 2.75) is 20.8 Å². The van der Waals surface area contributed by atoms with E-state index in [0.29, 0.717) is 10.6 Å². The standard InChI is InChI=1S/C16H16ClNO2S/c1-16(2,3)14(13-5-4-10-21-13)18-20-15(19)11-6-8-12(17)9-7-11/h4-10H,1-3H3/b18-14+. The Morgan fingerprint density at radius 3 is 2.38 bits per heavy atom. The van der Waals surface area contributed by atoms with Gasteiger partial charge in [-0.05, 0) is 35.7 Å². The molecule has 0 spiro atoms. The number of rotatable bonds is 3. The summed E-state index contributed by atoms with van der Waals surface area (Å²) in [6.45, 7) is 6.09. The molecule has 1 heterocycles. The molecule has 110 valence electrons. The molecule has 0 N–H and O–H groups in total. The first-order chi connectivity index (χ1) is 9.88. The topological polar surface area (TPSA) is 38.7 Å². The Kier molecular flexibility index (Phi) is 4.80. The second-order valence-corrected chi connectivity index (χ2v) is 6.94. The molecule has 2 aromatic rings. The smallest absolute Gasteiger partial charge is 0.312 e. The average Bonchev–Trinajstić information content (AvgIpc) is 2.91. The highest BCUT2D eigenvalue weighted by Gasteiger charge is 2.23. The SMILES string of the molecule is CC(C)(C)/C(=N/OC(=O)c1ccc(Cl)cc1)c1cccs1. The molecule has 0 unspecified atom stereocenters. The van der Waals surface area contributed by atoms with Gasteiger partial charge in [0.05, 0.1) is 10.4 Å². The van der Waals surface area contributed by atoms with Gasteiger partial charge in [0.2, 0.25) is 0 Å². The molecule has 5 heteroatoms. The van der Waals surface area contributed by atoms with Crippen LogP contribution in [0, 0.1) is 5.41 Å². The van der Waals surface area contributed by atoms with Crippen molar-refractivity contribution in [3.8, 4) is 0 Å². The first-order valence-corrected chi connectivity index (χ1v) is 7.73. The quantitative estimate of drug-likeness (QED) is 0.453. The summed E-state index contributed by atoms with van der Waals surface area (Å²) in [6, 6.07) is 10.4. The minimum atomic E-state index is -0.495. The summed E-state index contributed by atoms with van der Waals surface area (Å²) in [5, 5.41) is 6.62. The van der Waals surface area contributed by atoms with E-state index in [0.717, 1.165) is 10.6 Å². The molecule has 0 aliphatic heterocycles. The van der Waals surface area contributed by atoms with Crippen molar-refractivity contribution >= 4 is 34.6 Å². The fourth-order valence-electron chi connectivity index (χ4n) is 1.69. The van der Waals surface area contributed by atoms with Gasteiger partial charge in [-0.1, -0.05) is 43.6 Å². The van der Waals surface area contributed by atoms with Crippen molar-refractivity contribution < 1.29 is 9.63 Å². The summed E-state index contributed by atoms with van der Waals surface area (Å²) >= 11 is 7.36. The zero-order valence-electron chi connectivity index (χ0n) is 12.1. The minimum Gasteiger partial charge on any atom is -0.312 e. The van der Waals surface area contributed by atoms with Crippen molar-refractivity contribution in [2.75, 3.05) is 0 Å². The first-order valence-electron chi connectivity index (χ1n) is 6.47. The highest BCUT2D eigenvalue weighted by Crippen LogP contribution is 2.25. The van der Waals surface area contributed by atoms with Crippen LogP contribution in [-0.4, -0.2) is 11.7 Å². The fourth-order valence-corrected chi connectivity index (χ4v) is 2.73. The van der Waals surface area contributed by atoms with E-state index in [1.807, 2.05) is 38.3 Å². The molecule has 0 aliphatic rings. The molecule has 0 radical (unpaired) electrons. The average molecular weight is 322 g/mol. The number of carbonyl (C=O) groups excluding carboxylic acids is 1. The van der Waals surface area contributed by atoms with Gasteiger partial charge in [-0.15, -0.1) is 11.3 Å². The Hall–Kier alpha value is -1.65. The van der Waals surface area contributed by atoms with Gasteiger partial charge in [-0.3, -0.25) is 0 Å². The Morgan fingerprint density at radius 1 is 1.19 bits per heavy atom. The molecule has 2 rings (SSSR count). The van der Waals surface area contributed by atoms with Crippen LogP contribution in [0.1, 0.15) is 36.0 Å². The van der Waals surface area contributed by atoms with E-state index in [9.17, 15) is 4.79 Å². The fraction of sp³-hybridized carbons (Fsp3) is 0.250. The number of benzene rings is 1. The normalized spacial score (nSPS) is 12.3. The number of nitrogens with zero attached hydrogens (tertiary/aromatic N) is 1. The lowest BCUT2D eigenvalue weighted by atomic mass is 9.89. The van der Waals surface area contributed by atoms with Crippen molar-refractivity contribution in [1.82, 2.24) is 0 Å². The van der Waals surface area contributed by atoms with Crippen LogP contribution >= 0.6 is 22.9 Å². The molecule has 0 atom stereocenters. The van der Waals surface area contributed by atoms with Gasteiger partial charge in [0, 0.05) is 10.4 Å². The molecule has 3 nitrogen and oxygen atoms in total. The Balaban J connectivity index is 2.20. The van der Waals surface area contributed by atoms with E-state index < -0.39 is 5.97 Å². The molecular formula is C16H16ClNO2S. The van der Waals surface area contributed by atoms with Crippen molar-refractivity contribution in [1.29, 1.82) is 0 Å². The van der Waals surface area contributed by atoms with E-state index in [2.05, 4.69) is 5.16 Å². The summed E-state index contributed by atoms with van der Waals surface area (Å²) in [4.78, 5) is 18.1. The third-order valence-corrected chi connectivity index (χ3v) is 3.89. The molecule has 21 heavy (non-hydrogen) atoms. The Morgan fingerprint density at radius 2 is 1.86 bits per heavy atom. The maximum absolute atomic E-state index is 12.0. The summed E-state index contributed by atoms with van der Waals surface area (Å²) in [5.41, 5.74) is 0.952. The number of oxime groups is 1. The van der Waals surface area contributed by atoms with Gasteiger partial charge in [0.25, 0.3) is 0 Å². The number of carbonyl (C=O) groups is 1. The van der Waals surface area contributed by atoms with Crippen LogP contribution in [-0.2, 0) is 4.84 Å². The molecular weight excluding hydrogens is 306 g/mol. The number of hydrogen-bond acceptors (Lipinski definition) is 4. The molecule has 1 aromatic carbocycles. The van der Waals surface area contributed by atoms with E-state index in [4.69, 9.17) is 16.4 Å². The molecule has 0 aliphatic carbocycles. The molecule has 1 aromatic heterocycles. The Labute approximate surface area is 133 Å². The Bertz CT molecular complexity index is 640. The van der Waals surface area contributed by atoms with E-state index >= 15 is 0 Å². The highest BCUT2D eigenvalue weighted by molar-refractivity contribution is 7.12. The van der Waals surface area contributed by atoms with Crippen LogP contribution in [0.4, 0.5) is 0 Å². The van der Waals surface area contributed by atoms with Crippen LogP contribution < -0.4 is 0 Å². The first kappa shape index (κ1) is 15.7. The molecule has 0 bridgehead atoms. The molecule has 0 saturated carbocycles. The van der Waals surface area contributed by atoms with E-state index in [1.54, 1.807) is 35.6 Å². The zero-order valence-corrected chi connectivity index (χ0v) is 13.7. The van der Waals surface area contributed by atoms with Gasteiger partial charge in [0.1, 0.15) is 5.71 Å². The third kappa shape index (κ3) is 4.16. The van der Waals surface area contributed by atoms with Gasteiger partial charge in [0.15, 0.2) is 0 Å². The molecule has 0 fully saturated rings. The zero-order chi connectivity index (χ0) is 15.5. The van der Waals surface area contributed by atoms with Gasteiger partial charge >= 0.3 is 5.97 Å². The van der Waals surface area contributed by atoms with Gasteiger partial charge in [-0.25, -0.2) is 4.79 Å². The van der Waals surface area contributed by atoms with Gasteiger partial charge in [-0.2, -0.15) is 0 Å². The summed E-state index contributed by atoms with van der Waals surface area (Å²) < 4.78 is 0. The maximum Gasteiger partial charge on any atom is 0.365 e. The van der Waals surface area contributed by atoms with Crippen molar-refractivity contribution in [3.63, 3.8) is 0 Å². The second-order valence-electron chi connectivity index (χ2n) is 5.55. The summed E-state index contributed by atoms with van der Waals surface area (Å²) in [5.74, 6) is -0.495. The van der Waals surface area contributed by atoms with E-state index in [-0.39, 0.29) is 5.41 Å². The summed E-state index contributed by atoms with van der Waals surface area (Å²) in [6.07, 6.45) is 0. The lowest BCUT2D eigenvalue weighted by Crippen LogP contribution is -2.21. The predicted molar refractivity (Wildman–Crippen MR) is 87.2 cm³/mol. The van der Waals surface area contributed by atoms with E-state index in [1.165, 1.54) is 0 Å². The number of halogens is 1. The van der Waals surface area contributed by atoms with Gasteiger partial charge < -0.3 is 4.84 Å².